The number of para-hydroxylation sites is 1. The van der Waals surface area contributed by atoms with Crippen molar-refractivity contribution in [3.05, 3.63) is 43.0 Å². The second-order valence-corrected chi connectivity index (χ2v) is 4.92. The fourth-order valence-electron chi connectivity index (χ4n) is 1.06. The van der Waals surface area contributed by atoms with Crippen molar-refractivity contribution in [2.45, 2.75) is 0 Å². The number of hydrogen-bond donors (Lipinski definition) is 0. The third-order valence-electron chi connectivity index (χ3n) is 1.87. The zero-order valence-corrected chi connectivity index (χ0v) is 8.87. The molecule has 0 aliphatic rings. The maximum Gasteiger partial charge on any atom is 0.238 e. The topological polar surface area (TPSA) is 37.4 Å². The van der Waals surface area contributed by atoms with E-state index < -0.39 is 10.0 Å². The van der Waals surface area contributed by atoms with Crippen molar-refractivity contribution in [1.82, 2.24) is 0 Å². The summed E-state index contributed by atoms with van der Waals surface area (Å²) in [6.45, 7) is 3.42. The van der Waals surface area contributed by atoms with Gasteiger partial charge in [0.1, 0.15) is 0 Å². The molecule has 0 fully saturated rings. The lowest BCUT2D eigenvalue weighted by molar-refractivity contribution is 0.597. The van der Waals surface area contributed by atoms with Crippen molar-refractivity contribution < 1.29 is 8.42 Å². The summed E-state index contributed by atoms with van der Waals surface area (Å²) < 4.78 is 24.4. The van der Waals surface area contributed by atoms with Gasteiger partial charge in [-0.25, -0.2) is 8.42 Å². The second kappa shape index (κ2) is 4.28. The largest absolute Gasteiger partial charge is 0.273 e. The van der Waals surface area contributed by atoms with E-state index in [9.17, 15) is 8.42 Å². The van der Waals surface area contributed by atoms with Crippen LogP contribution >= 0.6 is 0 Å². The van der Waals surface area contributed by atoms with Crippen molar-refractivity contribution in [1.29, 1.82) is 0 Å². The molecule has 0 aliphatic carbocycles. The summed E-state index contributed by atoms with van der Waals surface area (Å²) in [5, 5.41) is 0. The first-order valence-corrected chi connectivity index (χ1v) is 5.81. The molecular weight excluding hydrogens is 198 g/mol. The Balaban J connectivity index is 2.96. The molecule has 0 heterocycles. The molecule has 3 nitrogen and oxygen atoms in total. The molecule has 14 heavy (non-hydrogen) atoms. The minimum Gasteiger partial charge on any atom is -0.273 e. The first-order valence-electron chi connectivity index (χ1n) is 4.20. The average Bonchev–Trinajstić information content (AvgIpc) is 2.18. The second-order valence-electron chi connectivity index (χ2n) is 2.87. The number of nitrogens with zero attached hydrogens (tertiary/aromatic N) is 1. The first kappa shape index (κ1) is 10.8. The van der Waals surface area contributed by atoms with Gasteiger partial charge in [-0.2, -0.15) is 0 Å². The number of hydrogen-bond acceptors (Lipinski definition) is 2. The predicted octanol–water partition coefficient (Wildman–Crippen LogP) is 1.64. The minimum atomic E-state index is -3.25. The minimum absolute atomic E-state index is 0.0433. The molecule has 1 aromatic rings. The van der Waals surface area contributed by atoms with Crippen LogP contribution in [0.25, 0.3) is 0 Å². The molecule has 0 unspecified atom stereocenters. The molecule has 1 rings (SSSR count). The molecule has 0 saturated heterocycles. The Morgan fingerprint density at radius 2 is 1.93 bits per heavy atom. The molecule has 0 aliphatic heterocycles. The standard InChI is InChI=1S/C10H13NO2S/c1-3-9-14(12,13)11(2)10-7-5-4-6-8-10/h3-8H,1,9H2,2H3. The SMILES string of the molecule is C=CCS(=O)(=O)N(C)c1ccccc1. The van der Waals surface area contributed by atoms with Gasteiger partial charge in [0.15, 0.2) is 0 Å². The summed E-state index contributed by atoms with van der Waals surface area (Å²) in [4.78, 5) is 0. The Hall–Kier alpha value is -1.29. The van der Waals surface area contributed by atoms with Crippen LogP contribution in [-0.4, -0.2) is 21.2 Å². The highest BCUT2D eigenvalue weighted by molar-refractivity contribution is 7.92. The Bertz CT molecular complexity index is 397. The summed E-state index contributed by atoms with van der Waals surface area (Å²) >= 11 is 0. The quantitative estimate of drug-likeness (QED) is 0.710. The molecule has 76 valence electrons. The molecule has 0 N–H and O–H groups in total. The molecule has 0 amide bonds. The third kappa shape index (κ3) is 2.35. The predicted molar refractivity (Wildman–Crippen MR) is 58.8 cm³/mol. The van der Waals surface area contributed by atoms with Gasteiger partial charge in [0, 0.05) is 7.05 Å². The average molecular weight is 211 g/mol. The lowest BCUT2D eigenvalue weighted by atomic mass is 10.3. The molecule has 1 aromatic carbocycles. The van der Waals surface area contributed by atoms with Gasteiger partial charge in [0.25, 0.3) is 0 Å². The van der Waals surface area contributed by atoms with Gasteiger partial charge in [0.05, 0.1) is 11.4 Å². The molecular formula is C10H13NO2S. The van der Waals surface area contributed by atoms with E-state index in [1.54, 1.807) is 24.3 Å². The summed E-state index contributed by atoms with van der Waals surface area (Å²) in [5.74, 6) is -0.0433. The van der Waals surface area contributed by atoms with Crippen molar-refractivity contribution in [2.75, 3.05) is 17.1 Å². The molecule has 0 spiro atoms. The van der Waals surface area contributed by atoms with Crippen LogP contribution in [0.15, 0.2) is 43.0 Å². The van der Waals surface area contributed by atoms with E-state index in [2.05, 4.69) is 6.58 Å². The van der Waals surface area contributed by atoms with Crippen LogP contribution in [0.1, 0.15) is 0 Å². The van der Waals surface area contributed by atoms with E-state index in [0.717, 1.165) is 0 Å². The van der Waals surface area contributed by atoms with Crippen LogP contribution in [0.2, 0.25) is 0 Å². The zero-order valence-electron chi connectivity index (χ0n) is 8.05. The maximum atomic E-state index is 11.6. The van der Waals surface area contributed by atoms with Crippen LogP contribution in [0.5, 0.6) is 0 Å². The molecule has 0 bridgehead atoms. The van der Waals surface area contributed by atoms with Gasteiger partial charge in [-0.15, -0.1) is 6.58 Å². The van der Waals surface area contributed by atoms with Gasteiger partial charge in [-0.1, -0.05) is 24.3 Å². The Morgan fingerprint density at radius 3 is 2.43 bits per heavy atom. The smallest absolute Gasteiger partial charge is 0.238 e. The van der Waals surface area contributed by atoms with Gasteiger partial charge in [0.2, 0.25) is 10.0 Å². The van der Waals surface area contributed by atoms with Gasteiger partial charge in [-0.05, 0) is 12.1 Å². The van der Waals surface area contributed by atoms with Crippen molar-refractivity contribution >= 4 is 15.7 Å². The van der Waals surface area contributed by atoms with Crippen LogP contribution in [0.3, 0.4) is 0 Å². The fraction of sp³-hybridized carbons (Fsp3) is 0.200. The Morgan fingerprint density at radius 1 is 1.36 bits per heavy atom. The van der Waals surface area contributed by atoms with Crippen LogP contribution in [0.4, 0.5) is 5.69 Å². The molecule has 4 heteroatoms. The van der Waals surface area contributed by atoms with Crippen LogP contribution < -0.4 is 4.31 Å². The molecule has 0 aromatic heterocycles. The number of benzene rings is 1. The van der Waals surface area contributed by atoms with E-state index in [0.29, 0.717) is 5.69 Å². The Kier molecular flexibility index (Phi) is 3.30. The highest BCUT2D eigenvalue weighted by Crippen LogP contribution is 2.15. The van der Waals surface area contributed by atoms with Crippen LogP contribution in [-0.2, 0) is 10.0 Å². The van der Waals surface area contributed by atoms with E-state index in [-0.39, 0.29) is 5.75 Å². The molecule has 0 atom stereocenters. The summed E-state index contributed by atoms with van der Waals surface area (Å²) in [6, 6.07) is 8.95. The van der Waals surface area contributed by atoms with E-state index >= 15 is 0 Å². The summed E-state index contributed by atoms with van der Waals surface area (Å²) in [7, 11) is -1.71. The maximum absolute atomic E-state index is 11.6. The fourth-order valence-corrected chi connectivity index (χ4v) is 2.02. The summed E-state index contributed by atoms with van der Waals surface area (Å²) in [5.41, 5.74) is 0.661. The normalized spacial score (nSPS) is 10.9. The summed E-state index contributed by atoms with van der Waals surface area (Å²) in [6.07, 6.45) is 1.38. The number of anilines is 1. The Labute approximate surface area is 84.7 Å². The van der Waals surface area contributed by atoms with Gasteiger partial charge in [-0.3, -0.25) is 4.31 Å². The number of rotatable bonds is 4. The number of sulfonamides is 1. The van der Waals surface area contributed by atoms with E-state index in [1.165, 1.54) is 17.4 Å². The van der Waals surface area contributed by atoms with Crippen molar-refractivity contribution in [3.8, 4) is 0 Å². The van der Waals surface area contributed by atoms with Crippen LogP contribution in [0, 0.1) is 0 Å². The molecule has 0 radical (unpaired) electrons. The van der Waals surface area contributed by atoms with Crippen molar-refractivity contribution in [3.63, 3.8) is 0 Å². The lowest BCUT2D eigenvalue weighted by Gasteiger charge is -2.18. The molecule has 0 saturated carbocycles. The van der Waals surface area contributed by atoms with Gasteiger partial charge < -0.3 is 0 Å². The lowest BCUT2D eigenvalue weighted by Crippen LogP contribution is -2.28. The van der Waals surface area contributed by atoms with Crippen molar-refractivity contribution in [2.24, 2.45) is 0 Å². The zero-order chi connectivity index (χ0) is 10.6. The third-order valence-corrected chi connectivity index (χ3v) is 3.57. The highest BCUT2D eigenvalue weighted by Gasteiger charge is 2.15. The monoisotopic (exact) mass is 211 g/mol. The first-order chi connectivity index (χ1) is 6.58. The van der Waals surface area contributed by atoms with E-state index in [4.69, 9.17) is 0 Å². The van der Waals surface area contributed by atoms with E-state index in [1.807, 2.05) is 6.07 Å². The highest BCUT2D eigenvalue weighted by atomic mass is 32.2. The van der Waals surface area contributed by atoms with Gasteiger partial charge >= 0.3 is 0 Å².